The molecule has 19 heavy (non-hydrogen) atoms. The Kier molecular flexibility index (Phi) is 4.23. The number of amides is 1. The second kappa shape index (κ2) is 5.42. The average molecular weight is 367 g/mol. The van der Waals surface area contributed by atoms with E-state index in [4.69, 9.17) is 10.7 Å². The minimum absolute atomic E-state index is 0.0792. The first-order valence-corrected chi connectivity index (χ1v) is 8.92. The molecule has 1 aromatic rings. The smallest absolute Gasteiger partial charge is 0.261 e. The first-order chi connectivity index (χ1) is 8.77. The van der Waals surface area contributed by atoms with Crippen molar-refractivity contribution in [2.45, 2.75) is 30.7 Å². The van der Waals surface area contributed by atoms with E-state index >= 15 is 0 Å². The molecule has 7 heteroatoms. The molecule has 0 heterocycles. The summed E-state index contributed by atoms with van der Waals surface area (Å²) < 4.78 is 23.1. The van der Waals surface area contributed by atoms with E-state index in [0.29, 0.717) is 10.4 Å². The fraction of sp³-hybridized carbons (Fsp3) is 0.417. The second-order valence-electron chi connectivity index (χ2n) is 4.83. The Morgan fingerprint density at radius 1 is 1.42 bits per heavy atom. The number of carbonyl (C=O) groups excluding carboxylic acids is 1. The molecular formula is C12H13BrClNO3S. The zero-order valence-electron chi connectivity index (χ0n) is 10.2. The molecule has 1 amide bonds. The van der Waals surface area contributed by atoms with Crippen LogP contribution < -0.4 is 5.32 Å². The van der Waals surface area contributed by atoms with E-state index in [9.17, 15) is 13.2 Å². The van der Waals surface area contributed by atoms with Crippen molar-refractivity contribution in [3.05, 3.63) is 28.2 Å². The Labute approximate surface area is 125 Å². The lowest BCUT2D eigenvalue weighted by Crippen LogP contribution is -2.43. The molecule has 0 spiro atoms. The van der Waals surface area contributed by atoms with E-state index in [1.54, 1.807) is 0 Å². The Bertz CT molecular complexity index is 611. The molecule has 1 aliphatic rings. The van der Waals surface area contributed by atoms with E-state index in [0.717, 1.165) is 12.8 Å². The van der Waals surface area contributed by atoms with Crippen molar-refractivity contribution in [2.24, 2.45) is 5.92 Å². The lowest BCUT2D eigenvalue weighted by atomic mass is 9.82. The lowest BCUT2D eigenvalue weighted by Gasteiger charge is -2.33. The van der Waals surface area contributed by atoms with Crippen LogP contribution in [0, 0.1) is 5.92 Å². The van der Waals surface area contributed by atoms with Gasteiger partial charge in [-0.25, -0.2) is 8.42 Å². The van der Waals surface area contributed by atoms with E-state index in [1.807, 2.05) is 0 Å². The van der Waals surface area contributed by atoms with E-state index in [1.165, 1.54) is 18.2 Å². The zero-order chi connectivity index (χ0) is 14.2. The SMILES string of the molecule is CC1CC(NC(=O)c2cc(S(=O)(=O)Cl)ccc2Br)C1. The first-order valence-electron chi connectivity index (χ1n) is 5.82. The molecule has 104 valence electrons. The van der Waals surface area contributed by atoms with Gasteiger partial charge in [-0.15, -0.1) is 0 Å². The van der Waals surface area contributed by atoms with Crippen molar-refractivity contribution in [1.29, 1.82) is 0 Å². The molecule has 1 aromatic carbocycles. The van der Waals surface area contributed by atoms with Crippen LogP contribution in [0.2, 0.25) is 0 Å². The normalized spacial score (nSPS) is 22.7. The Morgan fingerprint density at radius 3 is 2.58 bits per heavy atom. The number of carbonyl (C=O) groups is 1. The average Bonchev–Trinajstić information content (AvgIpc) is 2.25. The fourth-order valence-electron chi connectivity index (χ4n) is 2.11. The predicted molar refractivity (Wildman–Crippen MR) is 76.8 cm³/mol. The molecule has 4 nitrogen and oxygen atoms in total. The third-order valence-electron chi connectivity index (χ3n) is 3.17. The highest BCUT2D eigenvalue weighted by molar-refractivity contribution is 9.10. The summed E-state index contributed by atoms with van der Waals surface area (Å²) in [5.41, 5.74) is 0.279. The molecule has 0 unspecified atom stereocenters. The molecule has 1 N–H and O–H groups in total. The zero-order valence-corrected chi connectivity index (χ0v) is 13.3. The topological polar surface area (TPSA) is 63.2 Å². The standard InChI is InChI=1S/C12H13BrClNO3S/c1-7-4-8(5-7)15-12(16)10-6-9(19(14,17)18)2-3-11(10)13/h2-3,6-8H,4-5H2,1H3,(H,15,16). The van der Waals surface area contributed by atoms with Gasteiger partial charge in [0.25, 0.3) is 15.0 Å². The second-order valence-corrected chi connectivity index (χ2v) is 8.25. The maximum absolute atomic E-state index is 12.1. The van der Waals surface area contributed by atoms with E-state index in [2.05, 4.69) is 28.2 Å². The van der Waals surface area contributed by atoms with Crippen molar-refractivity contribution < 1.29 is 13.2 Å². The number of halogens is 2. The van der Waals surface area contributed by atoms with Crippen LogP contribution in [0.4, 0.5) is 0 Å². The summed E-state index contributed by atoms with van der Waals surface area (Å²) in [6.45, 7) is 2.12. The van der Waals surface area contributed by atoms with Crippen LogP contribution in [0.25, 0.3) is 0 Å². The van der Waals surface area contributed by atoms with E-state index < -0.39 is 9.05 Å². The van der Waals surface area contributed by atoms with Gasteiger partial charge in [0.2, 0.25) is 0 Å². The maximum atomic E-state index is 12.1. The maximum Gasteiger partial charge on any atom is 0.261 e. The van der Waals surface area contributed by atoms with Crippen LogP contribution in [0.1, 0.15) is 30.1 Å². The molecular weight excluding hydrogens is 354 g/mol. The first kappa shape index (κ1) is 14.8. The van der Waals surface area contributed by atoms with E-state index in [-0.39, 0.29) is 22.4 Å². The number of hydrogen-bond donors (Lipinski definition) is 1. The van der Waals surface area contributed by atoms with Crippen LogP contribution in [0.3, 0.4) is 0 Å². The number of hydrogen-bond acceptors (Lipinski definition) is 3. The van der Waals surface area contributed by atoms with Gasteiger partial charge >= 0.3 is 0 Å². The van der Waals surface area contributed by atoms with Gasteiger partial charge in [0.05, 0.1) is 10.5 Å². The molecule has 0 atom stereocenters. The minimum Gasteiger partial charge on any atom is -0.349 e. The number of benzene rings is 1. The minimum atomic E-state index is -3.83. The Morgan fingerprint density at radius 2 is 2.05 bits per heavy atom. The van der Waals surface area contributed by atoms with Gasteiger partial charge in [0, 0.05) is 21.2 Å². The van der Waals surface area contributed by atoms with Crippen molar-refractivity contribution in [3.8, 4) is 0 Å². The van der Waals surface area contributed by atoms with Gasteiger partial charge in [-0.1, -0.05) is 6.92 Å². The van der Waals surface area contributed by atoms with Gasteiger partial charge in [-0.05, 0) is 52.9 Å². The van der Waals surface area contributed by atoms with Crippen molar-refractivity contribution in [3.63, 3.8) is 0 Å². The summed E-state index contributed by atoms with van der Waals surface area (Å²) in [6, 6.07) is 4.32. The Balaban J connectivity index is 2.21. The summed E-state index contributed by atoms with van der Waals surface area (Å²) in [7, 11) is 1.44. The quantitative estimate of drug-likeness (QED) is 0.837. The van der Waals surface area contributed by atoms with Crippen molar-refractivity contribution in [2.75, 3.05) is 0 Å². The molecule has 0 aromatic heterocycles. The van der Waals surface area contributed by atoms with Gasteiger partial charge in [0.15, 0.2) is 0 Å². The van der Waals surface area contributed by atoms with Crippen LogP contribution in [0.5, 0.6) is 0 Å². The Hall–Kier alpha value is -0.590. The van der Waals surface area contributed by atoms with Gasteiger partial charge in [0.1, 0.15) is 0 Å². The third-order valence-corrected chi connectivity index (χ3v) is 5.22. The highest BCUT2D eigenvalue weighted by Crippen LogP contribution is 2.28. The fourth-order valence-corrected chi connectivity index (χ4v) is 3.32. The van der Waals surface area contributed by atoms with Gasteiger partial charge < -0.3 is 5.32 Å². The van der Waals surface area contributed by atoms with Gasteiger partial charge in [-0.3, -0.25) is 4.79 Å². The molecule has 1 fully saturated rings. The van der Waals surface area contributed by atoms with Crippen LogP contribution >= 0.6 is 26.6 Å². The summed E-state index contributed by atoms with van der Waals surface area (Å²) >= 11 is 3.24. The summed E-state index contributed by atoms with van der Waals surface area (Å²) in [6.07, 6.45) is 1.91. The van der Waals surface area contributed by atoms with Crippen molar-refractivity contribution in [1.82, 2.24) is 5.32 Å². The molecule has 1 saturated carbocycles. The predicted octanol–water partition coefficient (Wildman–Crippen LogP) is 2.90. The summed E-state index contributed by atoms with van der Waals surface area (Å²) in [5.74, 6) is 0.342. The number of rotatable bonds is 3. The highest BCUT2D eigenvalue weighted by Gasteiger charge is 2.27. The largest absolute Gasteiger partial charge is 0.349 e. The summed E-state index contributed by atoms with van der Waals surface area (Å²) in [4.78, 5) is 12.0. The van der Waals surface area contributed by atoms with Gasteiger partial charge in [-0.2, -0.15) is 0 Å². The van der Waals surface area contributed by atoms with Crippen molar-refractivity contribution >= 4 is 41.6 Å². The number of nitrogens with one attached hydrogen (secondary N) is 1. The monoisotopic (exact) mass is 365 g/mol. The third kappa shape index (κ3) is 3.49. The molecule has 2 rings (SSSR count). The van der Waals surface area contributed by atoms with Crippen LogP contribution in [-0.2, 0) is 9.05 Å². The molecule has 0 radical (unpaired) electrons. The lowest BCUT2D eigenvalue weighted by molar-refractivity contribution is 0.0895. The molecule has 0 bridgehead atoms. The molecule has 0 aliphatic heterocycles. The van der Waals surface area contributed by atoms with Crippen LogP contribution in [-0.4, -0.2) is 20.4 Å². The molecule has 0 saturated heterocycles. The highest BCUT2D eigenvalue weighted by atomic mass is 79.9. The van der Waals surface area contributed by atoms with Crippen LogP contribution in [0.15, 0.2) is 27.6 Å². The summed E-state index contributed by atoms with van der Waals surface area (Å²) in [5, 5.41) is 2.88. The molecule has 1 aliphatic carbocycles.